The molecule has 0 bridgehead atoms. The fourth-order valence-corrected chi connectivity index (χ4v) is 0.545. The maximum Gasteiger partial charge on any atom is 0.396 e. The number of amides is 1. The minimum atomic E-state index is -4.78. The van der Waals surface area contributed by atoms with Crippen molar-refractivity contribution < 1.29 is 22.4 Å². The molecule has 2 N–H and O–H groups in total. The minimum Gasteiger partial charge on any atom is -0.382 e. The molecule has 7 heteroatoms. The third-order valence-electron chi connectivity index (χ3n) is 1.21. The van der Waals surface area contributed by atoms with Crippen LogP contribution < -0.4 is 5.73 Å². The molecule has 0 aromatic rings. The SMILES string of the molecule is NC1=NC(=O)C(F)(F)C1(F)F. The van der Waals surface area contributed by atoms with Gasteiger partial charge in [0.05, 0.1) is 0 Å². The number of rotatable bonds is 0. The lowest BCUT2D eigenvalue weighted by Crippen LogP contribution is -2.48. The molecule has 1 aliphatic rings. The molecule has 3 nitrogen and oxygen atoms in total. The smallest absolute Gasteiger partial charge is 0.382 e. The Morgan fingerprint density at radius 2 is 1.64 bits per heavy atom. The summed E-state index contributed by atoms with van der Waals surface area (Å²) in [6.07, 6.45) is 0. The Hall–Kier alpha value is -1.14. The van der Waals surface area contributed by atoms with Crippen LogP contribution in [-0.2, 0) is 4.79 Å². The first-order chi connectivity index (χ1) is 4.80. The normalized spacial score (nSPS) is 26.9. The average Bonchev–Trinajstić information content (AvgIpc) is 1.95. The lowest BCUT2D eigenvalue weighted by atomic mass is 10.2. The van der Waals surface area contributed by atoms with Gasteiger partial charge in [-0.1, -0.05) is 0 Å². The average molecular weight is 170 g/mol. The summed E-state index contributed by atoms with van der Waals surface area (Å²) in [6.45, 7) is 0. The molecule has 0 fully saturated rings. The van der Waals surface area contributed by atoms with Crippen molar-refractivity contribution in [2.45, 2.75) is 11.8 Å². The number of hydrogen-bond donors (Lipinski definition) is 1. The molecule has 11 heavy (non-hydrogen) atoms. The molecular formula is C4H2F4N2O. The van der Waals surface area contributed by atoms with E-state index in [1.54, 1.807) is 0 Å². The number of carbonyl (C=O) groups is 1. The van der Waals surface area contributed by atoms with Crippen LogP contribution in [0, 0.1) is 0 Å². The lowest BCUT2D eigenvalue weighted by molar-refractivity contribution is -0.175. The standard InChI is InChI=1S/C4H2F4N2O/c5-3(6)1(9)10-2(11)4(3,7)8/h(H2,9,10,11). The zero-order chi connectivity index (χ0) is 8.86. The van der Waals surface area contributed by atoms with Crippen LogP contribution in [0.25, 0.3) is 0 Å². The second kappa shape index (κ2) is 1.72. The largest absolute Gasteiger partial charge is 0.396 e. The first-order valence-corrected chi connectivity index (χ1v) is 2.45. The Labute approximate surface area is 57.9 Å². The number of hydrogen-bond acceptors (Lipinski definition) is 2. The van der Waals surface area contributed by atoms with Gasteiger partial charge in [-0.05, 0) is 0 Å². The van der Waals surface area contributed by atoms with Crippen LogP contribution in [0.1, 0.15) is 0 Å². The lowest BCUT2D eigenvalue weighted by Gasteiger charge is -2.15. The van der Waals surface area contributed by atoms with Gasteiger partial charge >= 0.3 is 17.8 Å². The molecule has 1 aliphatic heterocycles. The van der Waals surface area contributed by atoms with Crippen LogP contribution in [-0.4, -0.2) is 23.6 Å². The zero-order valence-electron chi connectivity index (χ0n) is 4.94. The van der Waals surface area contributed by atoms with Crippen molar-refractivity contribution in [2.75, 3.05) is 0 Å². The Bertz CT molecular complexity index is 246. The molecule has 0 saturated heterocycles. The summed E-state index contributed by atoms with van der Waals surface area (Å²) in [5, 5.41) is 0. The third-order valence-corrected chi connectivity index (χ3v) is 1.21. The van der Waals surface area contributed by atoms with Gasteiger partial charge in [0, 0.05) is 0 Å². The number of halogens is 4. The number of aliphatic imine (C=N–C) groups is 1. The van der Waals surface area contributed by atoms with Gasteiger partial charge in [0.25, 0.3) is 0 Å². The van der Waals surface area contributed by atoms with Crippen LogP contribution in [0.3, 0.4) is 0 Å². The number of nitrogens with two attached hydrogens (primary N) is 1. The quantitative estimate of drug-likeness (QED) is 0.526. The Morgan fingerprint density at radius 1 is 1.18 bits per heavy atom. The second-order valence-electron chi connectivity index (χ2n) is 1.95. The molecule has 0 aliphatic carbocycles. The molecular weight excluding hydrogens is 168 g/mol. The molecule has 1 rings (SSSR count). The maximum absolute atomic E-state index is 12.1. The van der Waals surface area contributed by atoms with Crippen LogP contribution in [0.5, 0.6) is 0 Å². The van der Waals surface area contributed by atoms with Gasteiger partial charge in [0.1, 0.15) is 0 Å². The Morgan fingerprint density at radius 3 is 1.73 bits per heavy atom. The van der Waals surface area contributed by atoms with E-state index in [4.69, 9.17) is 0 Å². The summed E-state index contributed by atoms with van der Waals surface area (Å²) in [5.74, 6) is -13.2. The van der Waals surface area contributed by atoms with Crippen LogP contribution in [0.4, 0.5) is 17.6 Å². The van der Waals surface area contributed by atoms with E-state index in [9.17, 15) is 22.4 Å². The molecule has 0 aromatic carbocycles. The number of carbonyl (C=O) groups excluding carboxylic acids is 1. The van der Waals surface area contributed by atoms with Crippen molar-refractivity contribution in [3.8, 4) is 0 Å². The zero-order valence-corrected chi connectivity index (χ0v) is 4.94. The first-order valence-electron chi connectivity index (χ1n) is 2.45. The predicted molar refractivity (Wildman–Crippen MR) is 26.5 cm³/mol. The van der Waals surface area contributed by atoms with Crippen molar-refractivity contribution in [1.29, 1.82) is 0 Å². The van der Waals surface area contributed by atoms with E-state index in [0.29, 0.717) is 0 Å². The van der Waals surface area contributed by atoms with Crippen LogP contribution >= 0.6 is 0 Å². The van der Waals surface area contributed by atoms with Gasteiger partial charge in [-0.2, -0.15) is 22.6 Å². The number of nitrogens with zero attached hydrogens (tertiary/aromatic N) is 1. The van der Waals surface area contributed by atoms with E-state index in [2.05, 4.69) is 10.7 Å². The molecule has 0 aromatic heterocycles. The summed E-state index contributed by atoms with van der Waals surface area (Å²) in [7, 11) is 0. The topological polar surface area (TPSA) is 55.4 Å². The fraction of sp³-hybridized carbons (Fsp3) is 0.500. The van der Waals surface area contributed by atoms with Crippen LogP contribution in [0.2, 0.25) is 0 Å². The molecule has 0 atom stereocenters. The summed E-state index contributed by atoms with van der Waals surface area (Å²) in [5.41, 5.74) is 4.38. The highest BCUT2D eigenvalue weighted by Crippen LogP contribution is 2.39. The molecule has 0 spiro atoms. The maximum atomic E-state index is 12.1. The van der Waals surface area contributed by atoms with Gasteiger partial charge in [0.2, 0.25) is 0 Å². The molecule has 62 valence electrons. The number of alkyl halides is 4. The van der Waals surface area contributed by atoms with Crippen molar-refractivity contribution in [3.63, 3.8) is 0 Å². The van der Waals surface area contributed by atoms with Crippen molar-refractivity contribution >= 4 is 11.7 Å². The van der Waals surface area contributed by atoms with Gasteiger partial charge in [-0.15, -0.1) is 0 Å². The minimum absolute atomic E-state index is 1.63. The summed E-state index contributed by atoms with van der Waals surface area (Å²) in [4.78, 5) is 12.3. The van der Waals surface area contributed by atoms with E-state index < -0.39 is 23.6 Å². The van der Waals surface area contributed by atoms with Crippen LogP contribution in [0.15, 0.2) is 4.99 Å². The highest BCUT2D eigenvalue weighted by Gasteiger charge is 2.69. The van der Waals surface area contributed by atoms with Crippen molar-refractivity contribution in [1.82, 2.24) is 0 Å². The first kappa shape index (κ1) is 7.96. The Balaban J connectivity index is 3.17. The van der Waals surface area contributed by atoms with Gasteiger partial charge < -0.3 is 5.73 Å². The van der Waals surface area contributed by atoms with E-state index in [1.807, 2.05) is 0 Å². The van der Waals surface area contributed by atoms with Gasteiger partial charge in [-0.3, -0.25) is 4.79 Å². The molecule has 0 saturated carbocycles. The second-order valence-corrected chi connectivity index (χ2v) is 1.95. The van der Waals surface area contributed by atoms with Crippen molar-refractivity contribution in [3.05, 3.63) is 0 Å². The van der Waals surface area contributed by atoms with Gasteiger partial charge in [0.15, 0.2) is 5.84 Å². The van der Waals surface area contributed by atoms with Gasteiger partial charge in [-0.25, -0.2) is 0 Å². The predicted octanol–water partition coefficient (Wildman–Crippen LogP) is 0.154. The highest BCUT2D eigenvalue weighted by atomic mass is 19.3. The molecule has 1 amide bonds. The molecule has 0 unspecified atom stereocenters. The summed E-state index contributed by atoms with van der Waals surface area (Å²) >= 11 is 0. The third kappa shape index (κ3) is 0.732. The highest BCUT2D eigenvalue weighted by molar-refractivity contribution is 6.09. The van der Waals surface area contributed by atoms with E-state index in [-0.39, 0.29) is 0 Å². The molecule has 0 radical (unpaired) electrons. The van der Waals surface area contributed by atoms with E-state index in [0.717, 1.165) is 0 Å². The summed E-state index contributed by atoms with van der Waals surface area (Å²) < 4.78 is 48.4. The molecule has 1 heterocycles. The van der Waals surface area contributed by atoms with Crippen molar-refractivity contribution in [2.24, 2.45) is 10.7 Å². The fourth-order valence-electron chi connectivity index (χ4n) is 0.545. The van der Waals surface area contributed by atoms with E-state index in [1.165, 1.54) is 0 Å². The monoisotopic (exact) mass is 170 g/mol. The van der Waals surface area contributed by atoms with E-state index >= 15 is 0 Å². The number of amidine groups is 1. The summed E-state index contributed by atoms with van der Waals surface area (Å²) in [6, 6.07) is 0. The Kier molecular flexibility index (Phi) is 1.24.